The molecule has 6 aromatic heterocycles. The van der Waals surface area contributed by atoms with E-state index in [1.54, 1.807) is 97.8 Å². The summed E-state index contributed by atoms with van der Waals surface area (Å²) in [5.74, 6) is 0.332. The van der Waals surface area contributed by atoms with Crippen molar-refractivity contribution in [3.05, 3.63) is 193 Å². The molecule has 2 unspecified atom stereocenters. The second-order valence-electron chi connectivity index (χ2n) is 14.2. The molecule has 328 valence electrons. The number of nitrogens with one attached hydrogen (secondary N) is 1. The van der Waals surface area contributed by atoms with E-state index in [4.69, 9.17) is 10.7 Å². The van der Waals surface area contributed by atoms with Gasteiger partial charge in [0.2, 0.25) is 0 Å². The Balaban J connectivity index is 0.000000147. The molecule has 0 fully saturated rings. The minimum atomic E-state index is -3.98. The molecule has 0 saturated heterocycles. The minimum Gasteiger partial charge on any atom is -0.508 e. The molecule has 8 aromatic rings. The average molecular weight is 962 g/mol. The molecule has 14 nitrogen and oxygen atoms in total. The van der Waals surface area contributed by atoms with E-state index in [1.807, 2.05) is 66.7 Å². The number of hydrogen-bond acceptors (Lipinski definition) is 15. The molecule has 2 aliphatic rings. The Labute approximate surface area is 387 Å². The molecule has 0 saturated carbocycles. The number of hydrazone groups is 2. The van der Waals surface area contributed by atoms with Gasteiger partial charge in [-0.25, -0.2) is 8.42 Å². The van der Waals surface area contributed by atoms with Crippen molar-refractivity contribution in [1.29, 1.82) is 0 Å². The molecular formula is C46H37ClN8O6S4. The zero-order chi connectivity index (χ0) is 45.4. The van der Waals surface area contributed by atoms with Crippen LogP contribution in [0.2, 0.25) is 0 Å². The molecule has 0 spiro atoms. The van der Waals surface area contributed by atoms with Crippen molar-refractivity contribution in [3.63, 3.8) is 0 Å². The molecule has 0 amide bonds. The molecule has 2 aromatic carbocycles. The molecule has 8 heterocycles. The quantitative estimate of drug-likeness (QED) is 0.116. The van der Waals surface area contributed by atoms with Crippen LogP contribution in [0, 0.1) is 0 Å². The van der Waals surface area contributed by atoms with Gasteiger partial charge in [0.15, 0.2) is 0 Å². The number of rotatable bonds is 9. The van der Waals surface area contributed by atoms with E-state index >= 15 is 0 Å². The van der Waals surface area contributed by atoms with Gasteiger partial charge in [-0.1, -0.05) is 60.7 Å². The molecular weight excluding hydrogens is 924 g/mol. The van der Waals surface area contributed by atoms with Crippen molar-refractivity contribution < 1.29 is 27.0 Å². The maximum absolute atomic E-state index is 13.7. The number of aromatic nitrogens is 4. The van der Waals surface area contributed by atoms with Crippen molar-refractivity contribution in [2.45, 2.75) is 33.3 Å². The highest BCUT2D eigenvalue weighted by Crippen LogP contribution is 2.42. The second kappa shape index (κ2) is 19.9. The maximum atomic E-state index is 13.7. The van der Waals surface area contributed by atoms with E-state index in [2.05, 4.69) is 35.6 Å². The summed E-state index contributed by atoms with van der Waals surface area (Å²) in [5, 5.41) is 29.1. The number of phenolic OH excluding ortho intramolecular Hbond substituents is 2. The largest absolute Gasteiger partial charge is 0.508 e. The Morgan fingerprint density at radius 1 is 0.585 bits per heavy atom. The number of phenols is 2. The Hall–Kier alpha value is -6.83. The Kier molecular flexibility index (Phi) is 13.7. The SMILES string of the molecule is O=S(=O)(Cl)c1ccc(-c2ccccn2)s1.O=S(=O)(c1ccc(-c2ccccn2)s1)N1N=C(c2cccnc2)CC1c1ccccc1O.Oc1ccccc1C1CC(c2cccnc2)=NN1. The van der Waals surface area contributed by atoms with Gasteiger partial charge in [-0.3, -0.25) is 19.9 Å². The Bertz CT molecular complexity index is 3180. The van der Waals surface area contributed by atoms with Gasteiger partial charge in [0.05, 0.1) is 44.6 Å². The second-order valence-corrected chi connectivity index (χ2v) is 21.2. The maximum Gasteiger partial charge on any atom is 0.289 e. The molecule has 0 radical (unpaired) electrons. The first kappa shape index (κ1) is 44.8. The van der Waals surface area contributed by atoms with E-state index in [1.165, 1.54) is 6.07 Å². The summed E-state index contributed by atoms with van der Waals surface area (Å²) in [6.45, 7) is 0. The molecule has 0 bridgehead atoms. The summed E-state index contributed by atoms with van der Waals surface area (Å²) in [5.41, 5.74) is 9.21. The van der Waals surface area contributed by atoms with Crippen molar-refractivity contribution in [2.75, 3.05) is 0 Å². The van der Waals surface area contributed by atoms with Gasteiger partial charge in [0.1, 0.15) is 19.9 Å². The highest BCUT2D eigenvalue weighted by Gasteiger charge is 2.39. The zero-order valence-corrected chi connectivity index (χ0v) is 37.9. The predicted molar refractivity (Wildman–Crippen MR) is 253 cm³/mol. The molecule has 10 rings (SSSR count). The van der Waals surface area contributed by atoms with E-state index in [-0.39, 0.29) is 20.2 Å². The summed E-state index contributed by atoms with van der Waals surface area (Å²) < 4.78 is 50.8. The van der Waals surface area contributed by atoms with Gasteiger partial charge >= 0.3 is 0 Å². The van der Waals surface area contributed by atoms with Gasteiger partial charge in [0.25, 0.3) is 19.1 Å². The third kappa shape index (κ3) is 10.6. The molecule has 0 aliphatic carbocycles. The first-order valence-corrected chi connectivity index (χ1v) is 25.1. The number of sulfonamides is 1. The van der Waals surface area contributed by atoms with Crippen LogP contribution in [0.5, 0.6) is 11.5 Å². The first-order chi connectivity index (χ1) is 31.5. The number of hydrogen-bond donors (Lipinski definition) is 3. The highest BCUT2D eigenvalue weighted by atomic mass is 35.7. The van der Waals surface area contributed by atoms with Gasteiger partial charge in [0, 0.05) is 83.0 Å². The summed E-state index contributed by atoms with van der Waals surface area (Å²) in [6, 6.07) is 38.4. The van der Waals surface area contributed by atoms with Crippen LogP contribution in [-0.2, 0) is 19.1 Å². The lowest BCUT2D eigenvalue weighted by Gasteiger charge is -2.23. The lowest BCUT2D eigenvalue weighted by atomic mass is 9.99. The number of nitrogens with zero attached hydrogens (tertiary/aromatic N) is 7. The first-order valence-electron chi connectivity index (χ1n) is 19.7. The fourth-order valence-electron chi connectivity index (χ4n) is 6.83. The number of benzene rings is 2. The molecule has 2 atom stereocenters. The monoisotopic (exact) mass is 960 g/mol. The van der Waals surface area contributed by atoms with Gasteiger partial charge in [-0.05, 0) is 72.8 Å². The van der Waals surface area contributed by atoms with Crippen LogP contribution in [-0.4, -0.2) is 62.8 Å². The highest BCUT2D eigenvalue weighted by molar-refractivity contribution is 8.15. The molecule has 3 N–H and O–H groups in total. The van der Waals surface area contributed by atoms with Crippen LogP contribution in [0.3, 0.4) is 0 Å². The lowest BCUT2D eigenvalue weighted by Crippen LogP contribution is -2.26. The fourth-order valence-corrected chi connectivity index (χ4v) is 11.7. The number of thiophene rings is 2. The molecule has 19 heteroatoms. The van der Waals surface area contributed by atoms with Crippen LogP contribution < -0.4 is 5.43 Å². The third-order valence-corrected chi connectivity index (χ3v) is 16.4. The minimum absolute atomic E-state index is 0.0284. The topological polar surface area (TPSA) is 200 Å². The zero-order valence-electron chi connectivity index (χ0n) is 33.9. The summed E-state index contributed by atoms with van der Waals surface area (Å²) in [7, 11) is -2.38. The van der Waals surface area contributed by atoms with E-state index < -0.39 is 25.1 Å². The number of halogens is 1. The number of aromatic hydroxyl groups is 2. The molecule has 2 aliphatic heterocycles. The smallest absolute Gasteiger partial charge is 0.289 e. The lowest BCUT2D eigenvalue weighted by molar-refractivity contribution is 0.359. The summed E-state index contributed by atoms with van der Waals surface area (Å²) >= 11 is 2.25. The summed E-state index contributed by atoms with van der Waals surface area (Å²) in [4.78, 5) is 18.2. The predicted octanol–water partition coefficient (Wildman–Crippen LogP) is 9.41. The number of pyridine rings is 4. The van der Waals surface area contributed by atoms with Gasteiger partial charge in [-0.2, -0.15) is 23.0 Å². The van der Waals surface area contributed by atoms with Crippen molar-refractivity contribution in [3.8, 4) is 32.6 Å². The van der Waals surface area contributed by atoms with Gasteiger partial charge < -0.3 is 15.6 Å². The van der Waals surface area contributed by atoms with Crippen LogP contribution in [0.15, 0.2) is 189 Å². The van der Waals surface area contributed by atoms with Crippen molar-refractivity contribution in [2.24, 2.45) is 10.2 Å². The van der Waals surface area contributed by atoms with Gasteiger partial charge in [-0.15, -0.1) is 22.7 Å². The van der Waals surface area contributed by atoms with Crippen LogP contribution in [0.1, 0.15) is 47.2 Å². The van der Waals surface area contributed by atoms with Crippen LogP contribution in [0.25, 0.3) is 21.1 Å². The fraction of sp³-hybridized carbons (Fsp3) is 0.0870. The van der Waals surface area contributed by atoms with Crippen molar-refractivity contribution >= 4 is 63.9 Å². The Morgan fingerprint density at radius 3 is 1.65 bits per heavy atom. The average Bonchev–Trinajstić information content (AvgIpc) is 4.19. The third-order valence-electron chi connectivity index (χ3n) is 9.96. The summed E-state index contributed by atoms with van der Waals surface area (Å²) in [6.07, 6.45) is 11.2. The Morgan fingerprint density at radius 2 is 1.12 bits per heavy atom. The van der Waals surface area contributed by atoms with E-state index in [0.29, 0.717) is 29.1 Å². The van der Waals surface area contributed by atoms with Crippen LogP contribution in [0.4, 0.5) is 0 Å². The normalized spacial score (nSPS) is 15.7. The van der Waals surface area contributed by atoms with E-state index in [9.17, 15) is 27.0 Å². The number of para-hydroxylation sites is 2. The standard InChI is InChI=1S/C23H18N4O3S2.C14H13N3O.C9H6ClNO2S2/c28-21-9-2-1-7-17(21)20-14-19(16-6-5-12-24-15-16)26-27(20)32(29,30)23-11-10-22(31-23)18-8-3-4-13-25-18;18-14-6-2-1-5-11(14)13-8-12(16-17-13)10-4-3-7-15-9-10;10-15(12,13)9-5-4-8(14-9)7-3-1-2-6-11-7/h1-13,15,20,28H,14H2;1-7,9,13,17-18H,8H2;1-6H. The van der Waals surface area contributed by atoms with E-state index in [0.717, 1.165) is 71.4 Å². The van der Waals surface area contributed by atoms with Crippen molar-refractivity contribution in [1.82, 2.24) is 29.8 Å². The van der Waals surface area contributed by atoms with Crippen LogP contribution >= 0.6 is 33.4 Å². The molecule has 65 heavy (non-hydrogen) atoms.